The molecule has 0 fully saturated rings. The van der Waals surface area contributed by atoms with Gasteiger partial charge in [0.1, 0.15) is 6.29 Å². The van der Waals surface area contributed by atoms with E-state index < -0.39 is 0 Å². The fraction of sp³-hybridized carbons (Fsp3) is 0.200. The third-order valence-electron chi connectivity index (χ3n) is 2.07. The van der Waals surface area contributed by atoms with Gasteiger partial charge in [-0.05, 0) is 19.1 Å². The van der Waals surface area contributed by atoms with Crippen molar-refractivity contribution in [1.29, 1.82) is 0 Å². The number of rotatable bonds is 1. The predicted octanol–water partition coefficient (Wildman–Crippen LogP) is 1.93. The van der Waals surface area contributed by atoms with Crippen LogP contribution in [0.3, 0.4) is 0 Å². The molecule has 0 aromatic heterocycles. The van der Waals surface area contributed by atoms with Crippen molar-refractivity contribution in [2.24, 2.45) is 0 Å². The van der Waals surface area contributed by atoms with Crippen LogP contribution in [0.5, 0.6) is 0 Å². The molecule has 0 aliphatic carbocycles. The molecule has 72 valence electrons. The van der Waals surface area contributed by atoms with Crippen LogP contribution in [-0.2, 0) is 4.79 Å². The standard InChI is InChI=1S/C10H9NO2S/c1-6-10(13)11-8-4-7(5-12)2-3-9(8)14-6/h2-6H,1H3,(H,11,13)/t6-/m1/s1. The molecule has 1 heterocycles. The Labute approximate surface area is 85.9 Å². The van der Waals surface area contributed by atoms with Gasteiger partial charge >= 0.3 is 0 Å². The molecule has 1 amide bonds. The second-order valence-corrected chi connectivity index (χ2v) is 4.51. The molecular weight excluding hydrogens is 198 g/mol. The highest BCUT2D eigenvalue weighted by atomic mass is 32.2. The Morgan fingerprint density at radius 1 is 1.50 bits per heavy atom. The summed E-state index contributed by atoms with van der Waals surface area (Å²) in [6.45, 7) is 1.86. The fourth-order valence-corrected chi connectivity index (χ4v) is 2.23. The van der Waals surface area contributed by atoms with Crippen molar-refractivity contribution in [3.63, 3.8) is 0 Å². The molecule has 1 aliphatic heterocycles. The summed E-state index contributed by atoms with van der Waals surface area (Å²) < 4.78 is 0. The Kier molecular flexibility index (Phi) is 2.29. The average molecular weight is 207 g/mol. The topological polar surface area (TPSA) is 46.2 Å². The molecule has 0 spiro atoms. The second-order valence-electron chi connectivity index (χ2n) is 3.12. The van der Waals surface area contributed by atoms with Crippen molar-refractivity contribution in [2.45, 2.75) is 17.1 Å². The molecule has 1 aromatic rings. The van der Waals surface area contributed by atoms with E-state index in [2.05, 4.69) is 5.32 Å². The van der Waals surface area contributed by atoms with Gasteiger partial charge in [0.05, 0.1) is 10.9 Å². The van der Waals surface area contributed by atoms with E-state index >= 15 is 0 Å². The quantitative estimate of drug-likeness (QED) is 0.716. The molecule has 0 unspecified atom stereocenters. The first-order valence-electron chi connectivity index (χ1n) is 4.27. The van der Waals surface area contributed by atoms with E-state index in [0.29, 0.717) is 5.56 Å². The van der Waals surface area contributed by atoms with Crippen LogP contribution in [0.25, 0.3) is 0 Å². The number of benzene rings is 1. The van der Waals surface area contributed by atoms with Crippen LogP contribution in [0.2, 0.25) is 0 Å². The largest absolute Gasteiger partial charge is 0.324 e. The predicted molar refractivity (Wildman–Crippen MR) is 55.8 cm³/mol. The van der Waals surface area contributed by atoms with Gasteiger partial charge in [0, 0.05) is 10.5 Å². The van der Waals surface area contributed by atoms with Crippen LogP contribution >= 0.6 is 11.8 Å². The molecule has 1 aromatic carbocycles. The summed E-state index contributed by atoms with van der Waals surface area (Å²) in [6, 6.07) is 5.31. The molecule has 0 saturated carbocycles. The molecule has 1 atom stereocenters. The number of hydrogen-bond donors (Lipinski definition) is 1. The summed E-state index contributed by atoms with van der Waals surface area (Å²) in [6.07, 6.45) is 0.773. The van der Waals surface area contributed by atoms with E-state index in [-0.39, 0.29) is 11.2 Å². The summed E-state index contributed by atoms with van der Waals surface area (Å²) in [5, 5.41) is 2.70. The van der Waals surface area contributed by atoms with E-state index in [1.807, 2.05) is 13.0 Å². The first-order chi connectivity index (χ1) is 6.70. The van der Waals surface area contributed by atoms with E-state index in [0.717, 1.165) is 16.9 Å². The highest BCUT2D eigenvalue weighted by Crippen LogP contribution is 2.35. The highest BCUT2D eigenvalue weighted by Gasteiger charge is 2.22. The van der Waals surface area contributed by atoms with Crippen LogP contribution in [-0.4, -0.2) is 17.4 Å². The van der Waals surface area contributed by atoms with Gasteiger partial charge in [-0.2, -0.15) is 0 Å². The summed E-state index contributed by atoms with van der Waals surface area (Å²) >= 11 is 1.51. The maximum atomic E-state index is 11.3. The van der Waals surface area contributed by atoms with Crippen LogP contribution in [0.4, 0.5) is 5.69 Å². The number of carbonyl (C=O) groups is 2. The normalized spacial score (nSPS) is 19.8. The van der Waals surface area contributed by atoms with Gasteiger partial charge in [0.25, 0.3) is 0 Å². The maximum Gasteiger partial charge on any atom is 0.237 e. The average Bonchev–Trinajstić information content (AvgIpc) is 2.19. The molecular formula is C10H9NO2S. The molecule has 2 rings (SSSR count). The highest BCUT2D eigenvalue weighted by molar-refractivity contribution is 8.00. The van der Waals surface area contributed by atoms with Crippen molar-refractivity contribution in [1.82, 2.24) is 0 Å². The van der Waals surface area contributed by atoms with Gasteiger partial charge in [0.15, 0.2) is 0 Å². The molecule has 0 bridgehead atoms. The Morgan fingerprint density at radius 2 is 2.29 bits per heavy atom. The Bertz CT molecular complexity index is 403. The van der Waals surface area contributed by atoms with Crippen molar-refractivity contribution < 1.29 is 9.59 Å². The summed E-state index contributed by atoms with van der Waals surface area (Å²) in [5.41, 5.74) is 1.32. The minimum Gasteiger partial charge on any atom is -0.324 e. The monoisotopic (exact) mass is 207 g/mol. The van der Waals surface area contributed by atoms with Crippen molar-refractivity contribution in [3.05, 3.63) is 23.8 Å². The summed E-state index contributed by atoms with van der Waals surface area (Å²) in [4.78, 5) is 22.9. The zero-order chi connectivity index (χ0) is 10.1. The molecule has 1 aliphatic rings. The Balaban J connectivity index is 2.42. The first-order valence-corrected chi connectivity index (χ1v) is 5.15. The summed E-state index contributed by atoms with van der Waals surface area (Å²) in [5.74, 6) is -0.00875. The third-order valence-corrected chi connectivity index (χ3v) is 3.25. The van der Waals surface area contributed by atoms with E-state index in [1.165, 1.54) is 11.8 Å². The lowest BCUT2D eigenvalue weighted by molar-refractivity contribution is -0.115. The molecule has 0 saturated heterocycles. The van der Waals surface area contributed by atoms with Gasteiger partial charge in [-0.3, -0.25) is 9.59 Å². The lowest BCUT2D eigenvalue weighted by Crippen LogP contribution is -2.26. The lowest BCUT2D eigenvalue weighted by Gasteiger charge is -2.21. The number of fused-ring (bicyclic) bond motifs is 1. The van der Waals surface area contributed by atoms with Crippen molar-refractivity contribution >= 4 is 29.6 Å². The van der Waals surface area contributed by atoms with Crippen molar-refractivity contribution in [2.75, 3.05) is 5.32 Å². The second kappa shape index (κ2) is 3.46. The van der Waals surface area contributed by atoms with Crippen LogP contribution < -0.4 is 5.32 Å². The number of carbonyl (C=O) groups excluding carboxylic acids is 2. The van der Waals surface area contributed by atoms with Gasteiger partial charge in [-0.15, -0.1) is 11.8 Å². The molecule has 0 radical (unpaired) electrons. The zero-order valence-electron chi connectivity index (χ0n) is 7.61. The van der Waals surface area contributed by atoms with Gasteiger partial charge in [0.2, 0.25) is 5.91 Å². The number of amides is 1. The lowest BCUT2D eigenvalue weighted by atomic mass is 10.2. The number of aldehydes is 1. The van der Waals surface area contributed by atoms with Gasteiger partial charge in [-0.1, -0.05) is 6.07 Å². The minimum absolute atomic E-state index is 0.00875. The molecule has 3 nitrogen and oxygen atoms in total. The number of thioether (sulfide) groups is 1. The van der Waals surface area contributed by atoms with E-state index in [1.54, 1.807) is 12.1 Å². The molecule has 4 heteroatoms. The van der Waals surface area contributed by atoms with Crippen molar-refractivity contribution in [3.8, 4) is 0 Å². The maximum absolute atomic E-state index is 11.3. The third kappa shape index (κ3) is 1.53. The molecule has 1 N–H and O–H groups in total. The number of hydrogen-bond acceptors (Lipinski definition) is 3. The van der Waals surface area contributed by atoms with E-state index in [4.69, 9.17) is 0 Å². The summed E-state index contributed by atoms with van der Waals surface area (Å²) in [7, 11) is 0. The SMILES string of the molecule is C[C@H]1Sc2ccc(C=O)cc2NC1=O. The molecule has 14 heavy (non-hydrogen) atoms. The minimum atomic E-state index is -0.0652. The smallest absolute Gasteiger partial charge is 0.237 e. The van der Waals surface area contributed by atoms with Crippen LogP contribution in [0.1, 0.15) is 17.3 Å². The first kappa shape index (κ1) is 9.27. The van der Waals surface area contributed by atoms with Crippen LogP contribution in [0.15, 0.2) is 23.1 Å². The van der Waals surface area contributed by atoms with Gasteiger partial charge in [-0.25, -0.2) is 0 Å². The van der Waals surface area contributed by atoms with E-state index in [9.17, 15) is 9.59 Å². The number of anilines is 1. The van der Waals surface area contributed by atoms with Gasteiger partial charge < -0.3 is 5.32 Å². The number of nitrogens with one attached hydrogen (secondary N) is 1. The fourth-order valence-electron chi connectivity index (χ4n) is 1.30. The Morgan fingerprint density at radius 3 is 3.00 bits per heavy atom. The Hall–Kier alpha value is -1.29. The zero-order valence-corrected chi connectivity index (χ0v) is 8.43. The van der Waals surface area contributed by atoms with Crippen LogP contribution in [0, 0.1) is 0 Å².